The zero-order chi connectivity index (χ0) is 11.9. The summed E-state index contributed by atoms with van der Waals surface area (Å²) in [4.78, 5) is 2.43. The Morgan fingerprint density at radius 3 is 2.33 bits per heavy atom. The summed E-state index contributed by atoms with van der Waals surface area (Å²) in [6, 6.07) is 0. The van der Waals surface area contributed by atoms with Crippen LogP contribution in [0, 0.1) is 5.92 Å². The van der Waals surface area contributed by atoms with E-state index in [0.29, 0.717) is 12.5 Å². The van der Waals surface area contributed by atoms with Crippen LogP contribution in [0.1, 0.15) is 34.1 Å². The van der Waals surface area contributed by atoms with Crippen molar-refractivity contribution >= 4 is 0 Å². The third-order valence-corrected chi connectivity index (χ3v) is 3.00. The summed E-state index contributed by atoms with van der Waals surface area (Å²) in [6.07, 6.45) is 1.14. The minimum absolute atomic E-state index is 0.113. The van der Waals surface area contributed by atoms with E-state index in [4.69, 9.17) is 10.5 Å². The van der Waals surface area contributed by atoms with Gasteiger partial charge in [0.25, 0.3) is 0 Å². The molecule has 0 radical (unpaired) electrons. The smallest absolute Gasteiger partial charge is 0.0589 e. The summed E-state index contributed by atoms with van der Waals surface area (Å²) in [7, 11) is 1.75. The Balaban J connectivity index is 4.41. The average Bonchev–Trinajstić information content (AvgIpc) is 2.17. The molecule has 0 fully saturated rings. The van der Waals surface area contributed by atoms with Crippen LogP contribution in [0.2, 0.25) is 0 Å². The van der Waals surface area contributed by atoms with E-state index >= 15 is 0 Å². The van der Waals surface area contributed by atoms with Gasteiger partial charge in [0, 0.05) is 25.7 Å². The molecule has 0 aromatic rings. The van der Waals surface area contributed by atoms with Gasteiger partial charge in [-0.3, -0.25) is 4.90 Å². The SMILES string of the molecule is CCN(CCOC)C(C)(CN)CC(C)C. The van der Waals surface area contributed by atoms with E-state index in [1.165, 1.54) is 0 Å². The van der Waals surface area contributed by atoms with Crippen LogP contribution >= 0.6 is 0 Å². The highest BCUT2D eigenvalue weighted by Crippen LogP contribution is 2.22. The van der Waals surface area contributed by atoms with Crippen molar-refractivity contribution in [3.8, 4) is 0 Å². The number of rotatable bonds is 8. The molecule has 1 atom stereocenters. The summed E-state index contributed by atoms with van der Waals surface area (Å²) < 4.78 is 5.14. The summed E-state index contributed by atoms with van der Waals surface area (Å²) >= 11 is 0. The van der Waals surface area contributed by atoms with Crippen molar-refractivity contribution in [2.75, 3.05) is 33.4 Å². The molecule has 92 valence electrons. The van der Waals surface area contributed by atoms with Gasteiger partial charge >= 0.3 is 0 Å². The van der Waals surface area contributed by atoms with Gasteiger partial charge in [-0.25, -0.2) is 0 Å². The Hall–Kier alpha value is -0.120. The molecular formula is C12H28N2O. The van der Waals surface area contributed by atoms with E-state index < -0.39 is 0 Å². The van der Waals surface area contributed by atoms with Crippen LogP contribution in [0.25, 0.3) is 0 Å². The average molecular weight is 216 g/mol. The quantitative estimate of drug-likeness (QED) is 0.671. The molecule has 0 aromatic carbocycles. The lowest BCUT2D eigenvalue weighted by Crippen LogP contribution is -2.53. The summed E-state index contributed by atoms with van der Waals surface area (Å²) in [5.41, 5.74) is 6.03. The van der Waals surface area contributed by atoms with Gasteiger partial charge in [-0.1, -0.05) is 20.8 Å². The second-order valence-electron chi connectivity index (χ2n) is 4.87. The van der Waals surface area contributed by atoms with Crippen molar-refractivity contribution in [2.45, 2.75) is 39.7 Å². The van der Waals surface area contributed by atoms with E-state index in [0.717, 1.165) is 26.1 Å². The van der Waals surface area contributed by atoms with Crippen LogP contribution in [-0.2, 0) is 4.74 Å². The topological polar surface area (TPSA) is 38.5 Å². The summed E-state index contributed by atoms with van der Waals surface area (Å²) in [6.45, 7) is 12.4. The molecule has 0 spiro atoms. The summed E-state index contributed by atoms with van der Waals surface area (Å²) in [5, 5.41) is 0. The number of hydrogen-bond acceptors (Lipinski definition) is 3. The first-order valence-electron chi connectivity index (χ1n) is 5.94. The minimum Gasteiger partial charge on any atom is -0.383 e. The highest BCUT2D eigenvalue weighted by atomic mass is 16.5. The molecule has 0 amide bonds. The highest BCUT2D eigenvalue weighted by molar-refractivity contribution is 4.87. The Bertz CT molecular complexity index is 162. The van der Waals surface area contributed by atoms with Crippen LogP contribution in [0.3, 0.4) is 0 Å². The Morgan fingerprint density at radius 2 is 2.00 bits per heavy atom. The van der Waals surface area contributed by atoms with Crippen molar-refractivity contribution < 1.29 is 4.74 Å². The molecule has 0 aliphatic heterocycles. The molecule has 0 aliphatic rings. The Kier molecular flexibility index (Phi) is 7.14. The van der Waals surface area contributed by atoms with Gasteiger partial charge in [-0.15, -0.1) is 0 Å². The van der Waals surface area contributed by atoms with Gasteiger partial charge in [0.05, 0.1) is 6.61 Å². The van der Waals surface area contributed by atoms with Gasteiger partial charge in [0.1, 0.15) is 0 Å². The van der Waals surface area contributed by atoms with Gasteiger partial charge in [-0.2, -0.15) is 0 Å². The fourth-order valence-corrected chi connectivity index (χ4v) is 2.23. The monoisotopic (exact) mass is 216 g/mol. The Morgan fingerprint density at radius 1 is 1.40 bits per heavy atom. The molecule has 0 saturated carbocycles. The maximum Gasteiger partial charge on any atom is 0.0589 e. The third-order valence-electron chi connectivity index (χ3n) is 3.00. The van der Waals surface area contributed by atoms with E-state index in [-0.39, 0.29) is 5.54 Å². The predicted molar refractivity (Wildman–Crippen MR) is 66.0 cm³/mol. The van der Waals surface area contributed by atoms with Gasteiger partial charge in [0.2, 0.25) is 0 Å². The van der Waals surface area contributed by atoms with E-state index in [2.05, 4.69) is 32.6 Å². The van der Waals surface area contributed by atoms with Crippen molar-refractivity contribution in [3.05, 3.63) is 0 Å². The molecule has 0 bridgehead atoms. The first-order chi connectivity index (χ1) is 7.00. The lowest BCUT2D eigenvalue weighted by atomic mass is 9.89. The largest absolute Gasteiger partial charge is 0.383 e. The molecule has 3 nitrogen and oxygen atoms in total. The lowest BCUT2D eigenvalue weighted by molar-refractivity contribution is 0.0616. The number of nitrogens with zero attached hydrogens (tertiary/aromatic N) is 1. The minimum atomic E-state index is 0.113. The van der Waals surface area contributed by atoms with Gasteiger partial charge in [-0.05, 0) is 25.8 Å². The second-order valence-corrected chi connectivity index (χ2v) is 4.87. The van der Waals surface area contributed by atoms with Gasteiger partial charge in [0.15, 0.2) is 0 Å². The van der Waals surface area contributed by atoms with Crippen LogP contribution in [-0.4, -0.2) is 43.8 Å². The number of hydrogen-bond donors (Lipinski definition) is 1. The number of likely N-dealkylation sites (N-methyl/N-ethyl adjacent to an activating group) is 1. The maximum atomic E-state index is 5.92. The van der Waals surface area contributed by atoms with E-state index in [9.17, 15) is 0 Å². The zero-order valence-electron chi connectivity index (χ0n) is 11.0. The molecule has 1 unspecified atom stereocenters. The predicted octanol–water partition coefficient (Wildman–Crippen LogP) is 1.72. The Labute approximate surface area is 95.0 Å². The second kappa shape index (κ2) is 7.20. The van der Waals surface area contributed by atoms with Crippen LogP contribution in [0.4, 0.5) is 0 Å². The highest BCUT2D eigenvalue weighted by Gasteiger charge is 2.29. The normalized spacial score (nSPS) is 16.0. The number of nitrogens with two attached hydrogens (primary N) is 1. The first-order valence-corrected chi connectivity index (χ1v) is 5.94. The van der Waals surface area contributed by atoms with Gasteiger partial charge < -0.3 is 10.5 Å². The number of ether oxygens (including phenoxy) is 1. The van der Waals surface area contributed by atoms with Crippen molar-refractivity contribution in [1.82, 2.24) is 4.90 Å². The fourth-order valence-electron chi connectivity index (χ4n) is 2.23. The maximum absolute atomic E-state index is 5.92. The molecular weight excluding hydrogens is 188 g/mol. The van der Waals surface area contributed by atoms with E-state index in [1.54, 1.807) is 7.11 Å². The van der Waals surface area contributed by atoms with Crippen LogP contribution < -0.4 is 5.73 Å². The molecule has 2 N–H and O–H groups in total. The lowest BCUT2D eigenvalue weighted by Gasteiger charge is -2.41. The standard InChI is InChI=1S/C12H28N2O/c1-6-14(7-8-15-5)12(4,10-13)9-11(2)3/h11H,6-10,13H2,1-5H3. The van der Waals surface area contributed by atoms with Crippen molar-refractivity contribution in [3.63, 3.8) is 0 Å². The van der Waals surface area contributed by atoms with Crippen LogP contribution in [0.5, 0.6) is 0 Å². The molecule has 3 heteroatoms. The number of methoxy groups -OCH3 is 1. The first kappa shape index (κ1) is 14.9. The summed E-state index contributed by atoms with van der Waals surface area (Å²) in [5.74, 6) is 0.676. The third kappa shape index (κ3) is 4.96. The van der Waals surface area contributed by atoms with Crippen molar-refractivity contribution in [1.29, 1.82) is 0 Å². The zero-order valence-corrected chi connectivity index (χ0v) is 11.0. The van der Waals surface area contributed by atoms with Crippen molar-refractivity contribution in [2.24, 2.45) is 11.7 Å². The fraction of sp³-hybridized carbons (Fsp3) is 1.00. The molecule has 0 saturated heterocycles. The molecule has 0 rings (SSSR count). The molecule has 0 heterocycles. The molecule has 0 aromatic heterocycles. The molecule has 0 aliphatic carbocycles. The molecule has 15 heavy (non-hydrogen) atoms. The van der Waals surface area contributed by atoms with Crippen LogP contribution in [0.15, 0.2) is 0 Å². The van der Waals surface area contributed by atoms with E-state index in [1.807, 2.05) is 0 Å².